The summed E-state index contributed by atoms with van der Waals surface area (Å²) in [6.07, 6.45) is 0. The second-order valence-corrected chi connectivity index (χ2v) is 11.8. The van der Waals surface area contributed by atoms with Crippen LogP contribution in [0.1, 0.15) is 0 Å². The molecule has 3 heteroatoms. The van der Waals surface area contributed by atoms with Gasteiger partial charge in [0.1, 0.15) is 11.2 Å². The van der Waals surface area contributed by atoms with Gasteiger partial charge in [-0.25, -0.2) is 0 Å². The largest absolute Gasteiger partial charge is 0.456 e. The smallest absolute Gasteiger partial charge is 0.135 e. The molecule has 0 N–H and O–H groups in total. The monoisotopic (exact) mass is 574 g/mol. The van der Waals surface area contributed by atoms with Crippen LogP contribution in [0.25, 0.3) is 88.1 Å². The first kappa shape index (κ1) is 24.4. The Labute approximate surface area is 258 Å². The van der Waals surface area contributed by atoms with Crippen LogP contribution in [-0.4, -0.2) is 9.13 Å². The molecule has 0 saturated carbocycles. The van der Waals surface area contributed by atoms with Crippen molar-refractivity contribution in [3.63, 3.8) is 0 Å². The van der Waals surface area contributed by atoms with Gasteiger partial charge in [0, 0.05) is 43.7 Å². The zero-order chi connectivity index (χ0) is 29.5. The fourth-order valence-electron chi connectivity index (χ4n) is 7.36. The number of benzene rings is 7. The van der Waals surface area contributed by atoms with Crippen molar-refractivity contribution in [2.45, 2.75) is 0 Å². The van der Waals surface area contributed by atoms with Crippen LogP contribution in [0.5, 0.6) is 0 Å². The maximum atomic E-state index is 6.21. The normalized spacial score (nSPS) is 12.0. The van der Waals surface area contributed by atoms with Crippen LogP contribution < -0.4 is 0 Å². The van der Waals surface area contributed by atoms with Crippen LogP contribution in [-0.2, 0) is 0 Å². The summed E-state index contributed by atoms with van der Waals surface area (Å²) >= 11 is 0. The van der Waals surface area contributed by atoms with Crippen molar-refractivity contribution in [1.82, 2.24) is 9.13 Å². The molecule has 0 spiro atoms. The molecule has 3 nitrogen and oxygen atoms in total. The Balaban J connectivity index is 1.33. The molecular formula is C42H26N2O. The van der Waals surface area contributed by atoms with E-state index in [1.165, 1.54) is 54.7 Å². The number of hydrogen-bond acceptors (Lipinski definition) is 1. The molecule has 10 rings (SSSR count). The van der Waals surface area contributed by atoms with E-state index in [2.05, 4.69) is 155 Å². The zero-order valence-corrected chi connectivity index (χ0v) is 24.3. The lowest BCUT2D eigenvalue weighted by molar-refractivity contribution is 0.669. The summed E-state index contributed by atoms with van der Waals surface area (Å²) in [6.45, 7) is 0. The Bertz CT molecular complexity index is 2760. The standard InChI is InChI=1S/C42H26N2O/c1-2-11-27(12-3-1)28-13-10-14-29(25-28)43-37-19-8-5-17-34(37)41-38(43)23-22-33-31-15-4-7-18-36(31)44(42(33)41)30-21-24-40-35(26-30)32-16-6-9-20-39(32)45-40/h1-26H. The van der Waals surface area contributed by atoms with Crippen LogP contribution >= 0.6 is 0 Å². The lowest BCUT2D eigenvalue weighted by Crippen LogP contribution is -1.95. The van der Waals surface area contributed by atoms with E-state index in [1.807, 2.05) is 12.1 Å². The highest BCUT2D eigenvalue weighted by molar-refractivity contribution is 6.26. The van der Waals surface area contributed by atoms with Gasteiger partial charge in [-0.15, -0.1) is 0 Å². The molecule has 0 atom stereocenters. The molecule has 0 fully saturated rings. The molecule has 0 bridgehead atoms. The number of para-hydroxylation sites is 3. The number of rotatable bonds is 3. The minimum absolute atomic E-state index is 0.903. The van der Waals surface area contributed by atoms with E-state index in [4.69, 9.17) is 4.42 Å². The first-order chi connectivity index (χ1) is 22.3. The Morgan fingerprint density at radius 3 is 1.89 bits per heavy atom. The van der Waals surface area contributed by atoms with Crippen LogP contribution in [0.2, 0.25) is 0 Å². The fraction of sp³-hybridized carbons (Fsp3) is 0. The van der Waals surface area contributed by atoms with E-state index in [1.54, 1.807) is 0 Å². The van der Waals surface area contributed by atoms with Crippen LogP contribution in [0.15, 0.2) is 162 Å². The molecule has 7 aromatic carbocycles. The maximum Gasteiger partial charge on any atom is 0.135 e. The number of aromatic nitrogens is 2. The lowest BCUT2D eigenvalue weighted by Gasteiger charge is -2.11. The number of fused-ring (bicyclic) bond motifs is 10. The fourth-order valence-corrected chi connectivity index (χ4v) is 7.36. The van der Waals surface area contributed by atoms with Crippen molar-refractivity contribution in [3.8, 4) is 22.5 Å². The van der Waals surface area contributed by atoms with Gasteiger partial charge in [-0.1, -0.05) is 103 Å². The highest BCUT2D eigenvalue weighted by Gasteiger charge is 2.21. The molecule has 210 valence electrons. The maximum absolute atomic E-state index is 6.21. The summed E-state index contributed by atoms with van der Waals surface area (Å²) in [5.74, 6) is 0. The summed E-state index contributed by atoms with van der Waals surface area (Å²) in [5, 5.41) is 7.24. The van der Waals surface area contributed by atoms with Crippen LogP contribution in [0.4, 0.5) is 0 Å². The first-order valence-electron chi connectivity index (χ1n) is 15.4. The van der Waals surface area contributed by atoms with Gasteiger partial charge < -0.3 is 13.6 Å². The predicted octanol–water partition coefficient (Wildman–Crippen LogP) is 11.4. The van der Waals surface area contributed by atoms with Gasteiger partial charge in [0.2, 0.25) is 0 Å². The molecule has 0 radical (unpaired) electrons. The topological polar surface area (TPSA) is 23.0 Å². The summed E-state index contributed by atoms with van der Waals surface area (Å²) in [7, 11) is 0. The summed E-state index contributed by atoms with van der Waals surface area (Å²) in [5.41, 5.74) is 11.3. The third-order valence-corrected chi connectivity index (χ3v) is 9.30. The number of hydrogen-bond donors (Lipinski definition) is 0. The Morgan fingerprint density at radius 1 is 0.356 bits per heavy atom. The molecule has 45 heavy (non-hydrogen) atoms. The molecule has 0 amide bonds. The van der Waals surface area contributed by atoms with Gasteiger partial charge in [0.05, 0.1) is 22.1 Å². The van der Waals surface area contributed by atoms with E-state index in [9.17, 15) is 0 Å². The average Bonchev–Trinajstić information content (AvgIpc) is 3.76. The Kier molecular flexibility index (Phi) is 5.00. The van der Waals surface area contributed by atoms with Crippen molar-refractivity contribution < 1.29 is 4.42 Å². The Morgan fingerprint density at radius 2 is 1.02 bits per heavy atom. The summed E-state index contributed by atoms with van der Waals surface area (Å²) in [4.78, 5) is 0. The molecule has 0 saturated heterocycles. The molecule has 10 aromatic rings. The number of furan rings is 1. The van der Waals surface area contributed by atoms with Gasteiger partial charge >= 0.3 is 0 Å². The van der Waals surface area contributed by atoms with Crippen molar-refractivity contribution >= 4 is 65.6 Å². The SMILES string of the molecule is c1ccc(-c2cccc(-n3c4ccccc4c4c3ccc3c5ccccc5n(-c5ccc6oc7ccccc7c6c5)c34)c2)cc1. The third kappa shape index (κ3) is 3.46. The van der Waals surface area contributed by atoms with Gasteiger partial charge in [0.25, 0.3) is 0 Å². The molecule has 0 aliphatic heterocycles. The van der Waals surface area contributed by atoms with Crippen molar-refractivity contribution in [1.29, 1.82) is 0 Å². The first-order valence-corrected chi connectivity index (χ1v) is 15.4. The highest BCUT2D eigenvalue weighted by Crippen LogP contribution is 2.43. The van der Waals surface area contributed by atoms with Gasteiger partial charge in [-0.3, -0.25) is 0 Å². The van der Waals surface area contributed by atoms with Crippen molar-refractivity contribution in [2.24, 2.45) is 0 Å². The van der Waals surface area contributed by atoms with Crippen molar-refractivity contribution in [2.75, 3.05) is 0 Å². The highest BCUT2D eigenvalue weighted by atomic mass is 16.3. The van der Waals surface area contributed by atoms with Gasteiger partial charge in [-0.05, 0) is 65.7 Å². The van der Waals surface area contributed by atoms with Gasteiger partial charge in [0.15, 0.2) is 0 Å². The van der Waals surface area contributed by atoms with E-state index in [0.29, 0.717) is 0 Å². The summed E-state index contributed by atoms with van der Waals surface area (Å²) in [6, 6.07) is 56.6. The number of nitrogens with zero attached hydrogens (tertiary/aromatic N) is 2. The minimum Gasteiger partial charge on any atom is -0.456 e. The van der Waals surface area contributed by atoms with E-state index in [-0.39, 0.29) is 0 Å². The minimum atomic E-state index is 0.903. The predicted molar refractivity (Wildman–Crippen MR) is 188 cm³/mol. The summed E-state index contributed by atoms with van der Waals surface area (Å²) < 4.78 is 11.1. The average molecular weight is 575 g/mol. The molecule has 3 heterocycles. The quantitative estimate of drug-likeness (QED) is 0.206. The lowest BCUT2D eigenvalue weighted by atomic mass is 10.1. The van der Waals surface area contributed by atoms with E-state index >= 15 is 0 Å². The molecule has 0 aliphatic carbocycles. The second-order valence-electron chi connectivity index (χ2n) is 11.8. The van der Waals surface area contributed by atoms with Crippen LogP contribution in [0.3, 0.4) is 0 Å². The van der Waals surface area contributed by atoms with E-state index in [0.717, 1.165) is 33.3 Å². The molecule has 0 aliphatic rings. The Hall–Kier alpha value is -6.06. The zero-order valence-electron chi connectivity index (χ0n) is 24.3. The molecular weight excluding hydrogens is 548 g/mol. The second kappa shape index (κ2) is 9.22. The van der Waals surface area contributed by atoms with Crippen molar-refractivity contribution in [3.05, 3.63) is 158 Å². The molecule has 0 unspecified atom stereocenters. The third-order valence-electron chi connectivity index (χ3n) is 9.30. The molecule has 3 aromatic heterocycles. The van der Waals surface area contributed by atoms with Gasteiger partial charge in [-0.2, -0.15) is 0 Å². The van der Waals surface area contributed by atoms with E-state index < -0.39 is 0 Å². The van der Waals surface area contributed by atoms with Crippen LogP contribution in [0, 0.1) is 0 Å².